The molecule has 0 spiro atoms. The predicted octanol–water partition coefficient (Wildman–Crippen LogP) is 2.56. The van der Waals surface area contributed by atoms with Crippen molar-refractivity contribution in [3.8, 4) is 0 Å². The smallest absolute Gasteiger partial charge is 0.236 e. The summed E-state index contributed by atoms with van der Waals surface area (Å²) >= 11 is 0. The van der Waals surface area contributed by atoms with Crippen LogP contribution in [0.15, 0.2) is 0 Å². The predicted molar refractivity (Wildman–Crippen MR) is 108 cm³/mol. The van der Waals surface area contributed by atoms with E-state index < -0.39 is 16.6 Å². The number of nitrogens with one attached hydrogen (secondary N) is 2. The molecule has 2 amide bonds. The summed E-state index contributed by atoms with van der Waals surface area (Å²) in [5.41, 5.74) is -2.81. The molecular weight excluding hydrogens is 356 g/mol. The molecule has 4 N–H and O–H groups in total. The van der Waals surface area contributed by atoms with Crippen molar-refractivity contribution in [1.29, 1.82) is 0 Å². The van der Waals surface area contributed by atoms with Crippen LogP contribution in [0.5, 0.6) is 0 Å². The number of hydrogen-bond acceptors (Lipinski definition) is 4. The van der Waals surface area contributed by atoms with Crippen molar-refractivity contribution in [2.75, 3.05) is 0 Å². The third kappa shape index (κ3) is 4.09. The molecule has 6 nitrogen and oxygen atoms in total. The summed E-state index contributed by atoms with van der Waals surface area (Å²) in [5, 5.41) is 27.7. The largest absolute Gasteiger partial charge is 0.388 e. The Labute approximate surface area is 168 Å². The lowest BCUT2D eigenvalue weighted by molar-refractivity contribution is -0.153. The maximum Gasteiger partial charge on any atom is 0.236 e. The average molecular weight is 395 g/mol. The van der Waals surface area contributed by atoms with E-state index in [1.807, 2.05) is 13.8 Å². The molecule has 0 saturated heterocycles. The summed E-state index contributed by atoms with van der Waals surface area (Å²) in [6.45, 7) is 3.70. The van der Waals surface area contributed by atoms with Crippen molar-refractivity contribution in [3.05, 3.63) is 0 Å². The lowest BCUT2D eigenvalue weighted by atomic mass is 9.66. The summed E-state index contributed by atoms with van der Waals surface area (Å²) in [6, 6.07) is -0.740. The lowest BCUT2D eigenvalue weighted by Gasteiger charge is -2.44. The van der Waals surface area contributed by atoms with E-state index >= 15 is 0 Å². The minimum absolute atomic E-state index is 0.273. The van der Waals surface area contributed by atoms with Gasteiger partial charge in [0.25, 0.3) is 0 Å². The molecule has 0 bridgehead atoms. The first-order chi connectivity index (χ1) is 13.2. The van der Waals surface area contributed by atoms with E-state index in [1.54, 1.807) is 0 Å². The van der Waals surface area contributed by atoms with Crippen molar-refractivity contribution in [3.63, 3.8) is 0 Å². The number of rotatable bonds is 6. The first-order valence-corrected chi connectivity index (χ1v) is 11.3. The first-order valence-electron chi connectivity index (χ1n) is 11.3. The van der Waals surface area contributed by atoms with Crippen molar-refractivity contribution in [2.24, 2.45) is 5.41 Å². The minimum Gasteiger partial charge on any atom is -0.388 e. The molecule has 6 heteroatoms. The molecule has 3 aliphatic carbocycles. The maximum atomic E-state index is 13.1. The van der Waals surface area contributed by atoms with E-state index in [2.05, 4.69) is 10.6 Å². The SMILES string of the molecule is C[C@@H](NC(=O)C1(C(=O)N[C@H](C)C2(O)CCCCC2)CCC1)C1(O)CCCCC1. The van der Waals surface area contributed by atoms with Gasteiger partial charge in [-0.1, -0.05) is 44.9 Å². The highest BCUT2D eigenvalue weighted by Crippen LogP contribution is 2.43. The summed E-state index contributed by atoms with van der Waals surface area (Å²) in [4.78, 5) is 26.2. The number of carbonyl (C=O) groups excluding carboxylic acids is 2. The van der Waals surface area contributed by atoms with Crippen LogP contribution in [0.1, 0.15) is 97.3 Å². The lowest BCUT2D eigenvalue weighted by Crippen LogP contribution is -2.63. The van der Waals surface area contributed by atoms with Crippen molar-refractivity contribution in [2.45, 2.75) is 121 Å². The standard InChI is InChI=1S/C22H38N2O4/c1-16(21(27)12-5-3-6-13-21)23-18(25)20(10-9-11-20)19(26)24-17(2)22(28)14-7-4-8-15-22/h16-17,27-28H,3-15H2,1-2H3,(H,23,25)(H,24,26)/t16-,17-/m1/s1. The first kappa shape index (κ1) is 21.6. The molecule has 3 saturated carbocycles. The Balaban J connectivity index is 1.63. The third-order valence-electron chi connectivity index (χ3n) is 7.82. The van der Waals surface area contributed by atoms with Crippen molar-refractivity contribution in [1.82, 2.24) is 10.6 Å². The Bertz CT molecular complexity index is 529. The second-order valence-electron chi connectivity index (χ2n) is 9.65. The fourth-order valence-corrected chi connectivity index (χ4v) is 5.22. The van der Waals surface area contributed by atoms with E-state index in [-0.39, 0.29) is 23.9 Å². The van der Waals surface area contributed by atoms with Crippen LogP contribution in [-0.4, -0.2) is 45.3 Å². The molecule has 28 heavy (non-hydrogen) atoms. The quantitative estimate of drug-likeness (QED) is 0.520. The van der Waals surface area contributed by atoms with Crippen LogP contribution in [0.3, 0.4) is 0 Å². The highest BCUT2D eigenvalue weighted by molar-refractivity contribution is 6.06. The summed E-state index contributed by atoms with van der Waals surface area (Å²) in [6.07, 6.45) is 10.8. The average Bonchev–Trinajstić information content (AvgIpc) is 2.62. The minimum atomic E-state index is -1.06. The second kappa shape index (κ2) is 8.31. The van der Waals surface area contributed by atoms with Gasteiger partial charge in [-0.2, -0.15) is 0 Å². The Kier molecular flexibility index (Phi) is 6.40. The normalized spacial score (nSPS) is 27.7. The van der Waals surface area contributed by atoms with Crippen molar-refractivity contribution < 1.29 is 19.8 Å². The Morgan fingerprint density at radius 3 is 1.29 bits per heavy atom. The number of aliphatic hydroxyl groups is 2. The van der Waals surface area contributed by atoms with Gasteiger partial charge < -0.3 is 20.8 Å². The van der Waals surface area contributed by atoms with Crippen LogP contribution in [0.2, 0.25) is 0 Å². The molecule has 0 aromatic carbocycles. The van der Waals surface area contributed by atoms with E-state index in [0.717, 1.165) is 44.9 Å². The molecule has 2 atom stereocenters. The Hall–Kier alpha value is -1.14. The van der Waals surface area contributed by atoms with Gasteiger partial charge in [-0.15, -0.1) is 0 Å². The molecule has 0 aromatic rings. The molecule has 160 valence electrons. The van der Waals surface area contributed by atoms with Crippen LogP contribution in [0, 0.1) is 5.41 Å². The highest BCUT2D eigenvalue weighted by Gasteiger charge is 2.53. The van der Waals surface area contributed by atoms with Gasteiger partial charge in [-0.05, 0) is 52.4 Å². The topological polar surface area (TPSA) is 98.7 Å². The van der Waals surface area contributed by atoms with Crippen LogP contribution < -0.4 is 10.6 Å². The van der Waals surface area contributed by atoms with Gasteiger partial charge in [0.1, 0.15) is 5.41 Å². The second-order valence-corrected chi connectivity index (χ2v) is 9.65. The zero-order valence-corrected chi connectivity index (χ0v) is 17.6. The van der Waals surface area contributed by atoms with Gasteiger partial charge in [-0.25, -0.2) is 0 Å². The van der Waals surface area contributed by atoms with Crippen molar-refractivity contribution >= 4 is 11.8 Å². The van der Waals surface area contributed by atoms with Gasteiger partial charge >= 0.3 is 0 Å². The zero-order chi connectivity index (χ0) is 20.4. The number of hydrogen-bond donors (Lipinski definition) is 4. The van der Waals surface area contributed by atoms with Crippen LogP contribution >= 0.6 is 0 Å². The maximum absolute atomic E-state index is 13.1. The Morgan fingerprint density at radius 2 is 1.00 bits per heavy atom. The molecule has 0 unspecified atom stereocenters. The number of carbonyl (C=O) groups is 2. The van der Waals surface area contributed by atoms with Gasteiger partial charge in [0.2, 0.25) is 11.8 Å². The monoisotopic (exact) mass is 394 g/mol. The molecule has 3 aliphatic rings. The van der Waals surface area contributed by atoms with Gasteiger partial charge in [-0.3, -0.25) is 9.59 Å². The van der Waals surface area contributed by atoms with Crippen LogP contribution in [0.25, 0.3) is 0 Å². The molecule has 0 aliphatic heterocycles. The molecule has 0 aromatic heterocycles. The van der Waals surface area contributed by atoms with E-state index in [9.17, 15) is 19.8 Å². The van der Waals surface area contributed by atoms with Gasteiger partial charge in [0.15, 0.2) is 0 Å². The fourth-order valence-electron chi connectivity index (χ4n) is 5.22. The third-order valence-corrected chi connectivity index (χ3v) is 7.82. The van der Waals surface area contributed by atoms with Crippen LogP contribution in [0.4, 0.5) is 0 Å². The van der Waals surface area contributed by atoms with Gasteiger partial charge in [0, 0.05) is 0 Å². The van der Waals surface area contributed by atoms with E-state index in [0.29, 0.717) is 38.5 Å². The van der Waals surface area contributed by atoms with E-state index in [4.69, 9.17) is 0 Å². The summed E-state index contributed by atoms with van der Waals surface area (Å²) in [7, 11) is 0. The Morgan fingerprint density at radius 1 is 0.643 bits per heavy atom. The summed E-state index contributed by atoms with van der Waals surface area (Å²) in [5.74, 6) is -0.545. The zero-order valence-electron chi connectivity index (χ0n) is 17.6. The summed E-state index contributed by atoms with van der Waals surface area (Å²) < 4.78 is 0. The van der Waals surface area contributed by atoms with Crippen LogP contribution in [-0.2, 0) is 9.59 Å². The molecule has 0 heterocycles. The molecule has 0 radical (unpaired) electrons. The molecular formula is C22H38N2O4. The van der Waals surface area contributed by atoms with Gasteiger partial charge in [0.05, 0.1) is 23.3 Å². The highest BCUT2D eigenvalue weighted by atomic mass is 16.3. The van der Waals surface area contributed by atoms with E-state index in [1.165, 1.54) is 0 Å². The fraction of sp³-hybridized carbons (Fsp3) is 0.909. The number of amides is 2. The molecule has 3 fully saturated rings. The molecule has 3 rings (SSSR count).